The van der Waals surface area contributed by atoms with Gasteiger partial charge in [0.05, 0.1) is 31.7 Å². The lowest BCUT2D eigenvalue weighted by molar-refractivity contribution is 0.408. The molecule has 0 aliphatic carbocycles. The average molecular weight is 439 g/mol. The van der Waals surface area contributed by atoms with Crippen molar-refractivity contribution >= 4 is 22.8 Å². The molecule has 7 heteroatoms. The third-order valence-electron chi connectivity index (χ3n) is 4.67. The SMILES string of the molecule is CC.CC.CCCCCNc1nc(N)nc2ccn(Cc3cc(CC#N)ccc3OC)c12. The number of unbranched alkanes of at least 4 members (excludes halogenated alkanes) is 2. The van der Waals surface area contributed by atoms with Crippen molar-refractivity contribution in [1.29, 1.82) is 5.26 Å². The Labute approximate surface area is 192 Å². The second-order valence-electron chi connectivity index (χ2n) is 6.72. The molecular weight excluding hydrogens is 400 g/mol. The Bertz CT molecular complexity index is 990. The lowest BCUT2D eigenvalue weighted by Gasteiger charge is -2.14. The highest BCUT2D eigenvalue weighted by Gasteiger charge is 2.13. The molecule has 32 heavy (non-hydrogen) atoms. The van der Waals surface area contributed by atoms with Crippen LogP contribution in [0.2, 0.25) is 0 Å². The van der Waals surface area contributed by atoms with Gasteiger partial charge >= 0.3 is 0 Å². The monoisotopic (exact) mass is 438 g/mol. The Morgan fingerprint density at radius 3 is 2.53 bits per heavy atom. The summed E-state index contributed by atoms with van der Waals surface area (Å²) in [4.78, 5) is 8.79. The van der Waals surface area contributed by atoms with E-state index in [1.165, 1.54) is 6.42 Å². The Hall–Kier alpha value is -3.27. The number of hydrogen-bond donors (Lipinski definition) is 2. The topological polar surface area (TPSA) is 102 Å². The number of anilines is 2. The fourth-order valence-electron chi connectivity index (χ4n) is 3.30. The Morgan fingerprint density at radius 1 is 1.12 bits per heavy atom. The second kappa shape index (κ2) is 14.7. The fourth-order valence-corrected chi connectivity index (χ4v) is 3.30. The molecule has 2 aromatic heterocycles. The first-order valence-corrected chi connectivity index (χ1v) is 11.5. The quantitative estimate of drug-likeness (QED) is 0.410. The molecule has 0 saturated carbocycles. The second-order valence-corrected chi connectivity index (χ2v) is 6.72. The van der Waals surface area contributed by atoms with Crippen LogP contribution < -0.4 is 15.8 Å². The minimum atomic E-state index is 0.261. The maximum Gasteiger partial charge on any atom is 0.222 e. The Morgan fingerprint density at radius 2 is 1.88 bits per heavy atom. The van der Waals surface area contributed by atoms with E-state index in [0.717, 1.165) is 53.1 Å². The van der Waals surface area contributed by atoms with E-state index >= 15 is 0 Å². The highest BCUT2D eigenvalue weighted by Crippen LogP contribution is 2.27. The van der Waals surface area contributed by atoms with E-state index in [0.29, 0.717) is 13.0 Å². The largest absolute Gasteiger partial charge is 0.496 e. The molecule has 3 aromatic rings. The zero-order chi connectivity index (χ0) is 23.9. The molecule has 0 bridgehead atoms. The van der Waals surface area contributed by atoms with Gasteiger partial charge < -0.3 is 20.4 Å². The molecule has 3 rings (SSSR count). The minimum Gasteiger partial charge on any atom is -0.496 e. The molecule has 1 aromatic carbocycles. The van der Waals surface area contributed by atoms with Crippen LogP contribution in [0.4, 0.5) is 11.8 Å². The van der Waals surface area contributed by atoms with Crippen molar-refractivity contribution in [1.82, 2.24) is 14.5 Å². The lowest BCUT2D eigenvalue weighted by Crippen LogP contribution is -2.09. The third-order valence-corrected chi connectivity index (χ3v) is 4.67. The predicted molar refractivity (Wildman–Crippen MR) is 134 cm³/mol. The van der Waals surface area contributed by atoms with Crippen molar-refractivity contribution in [3.05, 3.63) is 41.6 Å². The van der Waals surface area contributed by atoms with Gasteiger partial charge in [-0.1, -0.05) is 53.5 Å². The van der Waals surface area contributed by atoms with Crippen LogP contribution in [0.5, 0.6) is 5.75 Å². The van der Waals surface area contributed by atoms with Crippen molar-refractivity contribution in [3.63, 3.8) is 0 Å². The number of benzene rings is 1. The highest BCUT2D eigenvalue weighted by atomic mass is 16.5. The summed E-state index contributed by atoms with van der Waals surface area (Å²) < 4.78 is 7.61. The minimum absolute atomic E-state index is 0.261. The van der Waals surface area contributed by atoms with Crippen molar-refractivity contribution < 1.29 is 4.74 Å². The van der Waals surface area contributed by atoms with Gasteiger partial charge in [0.2, 0.25) is 5.95 Å². The maximum absolute atomic E-state index is 8.99. The van der Waals surface area contributed by atoms with E-state index in [1.54, 1.807) is 7.11 Å². The van der Waals surface area contributed by atoms with E-state index < -0.39 is 0 Å². The number of nitrogens with two attached hydrogens (primary N) is 1. The lowest BCUT2D eigenvalue weighted by atomic mass is 10.1. The number of hydrogen-bond acceptors (Lipinski definition) is 6. The van der Waals surface area contributed by atoms with Crippen LogP contribution in [0.1, 0.15) is 65.0 Å². The van der Waals surface area contributed by atoms with Gasteiger partial charge in [-0.25, -0.2) is 4.98 Å². The standard InChI is InChI=1S/C21H26N6O.2C2H6/c1-3-4-5-11-24-20-19-17(25-21(23)26-20)9-12-27(19)14-16-13-15(8-10-22)6-7-18(16)28-2;2*1-2/h6-7,9,12-13H,3-5,8,11,14H2,1-2H3,(H3,23,24,25,26);2*1-2H3. The van der Waals surface area contributed by atoms with Crippen molar-refractivity contribution in [3.8, 4) is 11.8 Å². The summed E-state index contributed by atoms with van der Waals surface area (Å²) >= 11 is 0. The first kappa shape index (κ1) is 26.8. The normalized spacial score (nSPS) is 9.78. The van der Waals surface area contributed by atoms with E-state index in [1.807, 2.05) is 58.2 Å². The van der Waals surface area contributed by atoms with Crippen LogP contribution in [0.25, 0.3) is 11.0 Å². The molecule has 0 spiro atoms. The van der Waals surface area contributed by atoms with Crippen LogP contribution >= 0.6 is 0 Å². The Balaban J connectivity index is 0.00000121. The summed E-state index contributed by atoms with van der Waals surface area (Å²) in [6.45, 7) is 11.6. The number of nitrogen functional groups attached to an aromatic ring is 1. The summed E-state index contributed by atoms with van der Waals surface area (Å²) in [6, 6.07) is 9.98. The molecule has 0 atom stereocenters. The van der Waals surface area contributed by atoms with Gasteiger partial charge in [0.1, 0.15) is 11.3 Å². The summed E-state index contributed by atoms with van der Waals surface area (Å²) in [5.41, 5.74) is 9.58. The van der Waals surface area contributed by atoms with Gasteiger partial charge in [-0.2, -0.15) is 10.2 Å². The number of nitrogens with zero attached hydrogens (tertiary/aromatic N) is 4. The molecule has 0 amide bonds. The number of aromatic nitrogens is 3. The third kappa shape index (κ3) is 7.16. The predicted octanol–water partition coefficient (Wildman–Crippen LogP) is 5.79. The summed E-state index contributed by atoms with van der Waals surface area (Å²) in [5, 5.41) is 12.4. The molecule has 7 nitrogen and oxygen atoms in total. The first-order chi connectivity index (χ1) is 15.7. The number of nitriles is 1. The van der Waals surface area contributed by atoms with Crippen molar-refractivity contribution in [2.45, 2.75) is 66.8 Å². The Kier molecular flexibility index (Phi) is 12.3. The van der Waals surface area contributed by atoms with Gasteiger partial charge in [-0.3, -0.25) is 0 Å². The van der Waals surface area contributed by atoms with Crippen molar-refractivity contribution in [2.75, 3.05) is 24.7 Å². The molecule has 0 unspecified atom stereocenters. The molecule has 174 valence electrons. The first-order valence-electron chi connectivity index (χ1n) is 11.5. The molecule has 2 heterocycles. The molecule has 0 saturated heterocycles. The smallest absolute Gasteiger partial charge is 0.222 e. The van der Waals surface area contributed by atoms with Crippen molar-refractivity contribution in [2.24, 2.45) is 0 Å². The number of rotatable bonds is 9. The van der Waals surface area contributed by atoms with Gasteiger partial charge in [-0.15, -0.1) is 0 Å². The van der Waals surface area contributed by atoms with Gasteiger partial charge in [-0.05, 0) is 30.2 Å². The summed E-state index contributed by atoms with van der Waals surface area (Å²) in [5.74, 6) is 1.80. The molecule has 0 aliphatic rings. The molecule has 0 radical (unpaired) electrons. The summed E-state index contributed by atoms with van der Waals surface area (Å²) in [6.07, 6.45) is 5.76. The van der Waals surface area contributed by atoms with E-state index in [-0.39, 0.29) is 5.95 Å². The average Bonchev–Trinajstić information content (AvgIpc) is 3.22. The van der Waals surface area contributed by atoms with Gasteiger partial charge in [0, 0.05) is 18.3 Å². The van der Waals surface area contributed by atoms with E-state index in [2.05, 4.69) is 32.8 Å². The van der Waals surface area contributed by atoms with Crippen LogP contribution in [-0.4, -0.2) is 28.2 Å². The summed E-state index contributed by atoms with van der Waals surface area (Å²) in [7, 11) is 1.65. The molecule has 0 aliphatic heterocycles. The van der Waals surface area contributed by atoms with Crippen LogP contribution in [-0.2, 0) is 13.0 Å². The number of methoxy groups -OCH3 is 1. The molecular formula is C25H38N6O. The highest BCUT2D eigenvalue weighted by molar-refractivity contribution is 5.87. The van der Waals surface area contributed by atoms with E-state index in [4.69, 9.17) is 15.7 Å². The van der Waals surface area contributed by atoms with Crippen LogP contribution in [0, 0.1) is 11.3 Å². The van der Waals surface area contributed by atoms with Gasteiger partial charge in [0.15, 0.2) is 5.82 Å². The molecule has 3 N–H and O–H groups in total. The number of nitrogens with one attached hydrogen (secondary N) is 1. The maximum atomic E-state index is 8.99. The van der Waals surface area contributed by atoms with E-state index in [9.17, 15) is 0 Å². The fraction of sp³-hybridized carbons (Fsp3) is 0.480. The zero-order valence-electron chi connectivity index (χ0n) is 20.4. The zero-order valence-corrected chi connectivity index (χ0v) is 20.4. The van der Waals surface area contributed by atoms with Crippen LogP contribution in [0.15, 0.2) is 30.5 Å². The molecule has 0 fully saturated rings. The number of ether oxygens (including phenoxy) is 1. The van der Waals surface area contributed by atoms with Gasteiger partial charge in [0.25, 0.3) is 0 Å². The van der Waals surface area contributed by atoms with Crippen LogP contribution in [0.3, 0.4) is 0 Å². The number of fused-ring (bicyclic) bond motifs is 1.